The molecule has 0 spiro atoms. The number of nitrogens with one attached hydrogen (secondary N) is 3. The van der Waals surface area contributed by atoms with Crippen LogP contribution in [0.1, 0.15) is 90.8 Å². The zero-order valence-corrected chi connectivity index (χ0v) is 40.3. The van der Waals surface area contributed by atoms with Crippen LogP contribution in [0.25, 0.3) is 0 Å². The van der Waals surface area contributed by atoms with Gasteiger partial charge in [0.1, 0.15) is 11.0 Å². The second-order valence-electron chi connectivity index (χ2n) is 18.2. The molecule has 3 N–H and O–H groups in total. The van der Waals surface area contributed by atoms with Crippen LogP contribution < -0.4 is 16.0 Å². The van der Waals surface area contributed by atoms with E-state index in [0.717, 1.165) is 62.7 Å². The predicted molar refractivity (Wildman–Crippen MR) is 247 cm³/mol. The van der Waals surface area contributed by atoms with Crippen LogP contribution in [0.15, 0.2) is 41.9 Å². The number of carbonyl (C=O) groups excluding carboxylic acids is 4. The van der Waals surface area contributed by atoms with Crippen LogP contribution in [0, 0.1) is 23.7 Å². The Balaban J connectivity index is 1.46. The van der Waals surface area contributed by atoms with Crippen LogP contribution in [0.4, 0.5) is 0 Å². The summed E-state index contributed by atoms with van der Waals surface area (Å²) >= 11 is 1.51. The van der Waals surface area contributed by atoms with Gasteiger partial charge in [-0.15, -0.1) is 11.3 Å². The molecule has 2 aliphatic rings. The van der Waals surface area contributed by atoms with Gasteiger partial charge in [0.05, 0.1) is 48.7 Å². The van der Waals surface area contributed by atoms with Crippen molar-refractivity contribution in [1.29, 1.82) is 0 Å². The van der Waals surface area contributed by atoms with Crippen LogP contribution in [0.2, 0.25) is 0 Å². The van der Waals surface area contributed by atoms with Crippen LogP contribution in [0.5, 0.6) is 0 Å². The number of benzene rings is 1. The Kier molecular flexibility index (Phi) is 20.7. The predicted octanol–water partition coefficient (Wildman–Crippen LogP) is 4.47. The maximum atomic E-state index is 14.6. The van der Waals surface area contributed by atoms with Crippen molar-refractivity contribution in [2.45, 2.75) is 123 Å². The van der Waals surface area contributed by atoms with Gasteiger partial charge in [-0.25, -0.2) is 4.98 Å². The van der Waals surface area contributed by atoms with E-state index in [2.05, 4.69) is 44.6 Å². The molecular formula is C47H78N8O6S. The van der Waals surface area contributed by atoms with E-state index in [4.69, 9.17) is 9.47 Å². The fourth-order valence-corrected chi connectivity index (χ4v) is 10.1. The fourth-order valence-electron chi connectivity index (χ4n) is 9.42. The Bertz CT molecular complexity index is 1660. The molecule has 2 aliphatic heterocycles. The summed E-state index contributed by atoms with van der Waals surface area (Å²) in [7, 11) is 6.96. The molecule has 0 radical (unpaired) electrons. The quantitative estimate of drug-likeness (QED) is 0.138. The smallest absolute Gasteiger partial charge is 0.245 e. The van der Waals surface area contributed by atoms with Crippen molar-refractivity contribution in [3.8, 4) is 0 Å². The maximum absolute atomic E-state index is 14.6. The lowest BCUT2D eigenvalue weighted by Gasteiger charge is -2.41. The summed E-state index contributed by atoms with van der Waals surface area (Å²) in [6.07, 6.45) is 3.47. The molecule has 0 aliphatic carbocycles. The number of hydrogen-bond donors (Lipinski definition) is 3. The van der Waals surface area contributed by atoms with E-state index in [-0.39, 0.29) is 59.9 Å². The minimum atomic E-state index is -0.768. The summed E-state index contributed by atoms with van der Waals surface area (Å²) in [6, 6.07) is 7.80. The van der Waals surface area contributed by atoms with E-state index in [1.54, 1.807) is 32.4 Å². The van der Waals surface area contributed by atoms with Crippen LogP contribution in [-0.2, 0) is 35.1 Å². The fraction of sp³-hybridized carbons (Fsp3) is 0.723. The van der Waals surface area contributed by atoms with Crippen LogP contribution >= 0.6 is 11.3 Å². The summed E-state index contributed by atoms with van der Waals surface area (Å²) in [5.41, 5.74) is 1.09. The van der Waals surface area contributed by atoms with Crippen LogP contribution in [0.3, 0.4) is 0 Å². The largest absolute Gasteiger partial charge is 0.379 e. The number of methoxy groups -OCH3 is 2. The second-order valence-corrected chi connectivity index (χ2v) is 19.1. The van der Waals surface area contributed by atoms with E-state index >= 15 is 0 Å². The summed E-state index contributed by atoms with van der Waals surface area (Å²) in [4.78, 5) is 69.7. The van der Waals surface area contributed by atoms with Gasteiger partial charge < -0.3 is 35.2 Å². The van der Waals surface area contributed by atoms with E-state index in [0.29, 0.717) is 19.4 Å². The first kappa shape index (κ1) is 51.2. The molecule has 348 valence electrons. The first-order chi connectivity index (χ1) is 29.6. The molecule has 4 rings (SSSR count). The molecule has 15 heteroatoms. The monoisotopic (exact) mass is 883 g/mol. The molecule has 2 fully saturated rings. The molecule has 4 amide bonds. The lowest BCUT2D eigenvalue weighted by Crippen LogP contribution is -2.60. The Morgan fingerprint density at radius 3 is 2.21 bits per heavy atom. The number of rotatable bonds is 24. The molecule has 1 aromatic carbocycles. The molecule has 9 atom stereocenters. The number of likely N-dealkylation sites (N-methyl/N-ethyl adjacent to an activating group) is 2. The summed E-state index contributed by atoms with van der Waals surface area (Å²) in [5.74, 6) is -1.36. The highest BCUT2D eigenvalue weighted by molar-refractivity contribution is 7.09. The first-order valence-electron chi connectivity index (χ1n) is 22.9. The molecule has 2 saturated heterocycles. The highest BCUT2D eigenvalue weighted by atomic mass is 32.1. The van der Waals surface area contributed by atoms with Crippen molar-refractivity contribution >= 4 is 35.0 Å². The summed E-state index contributed by atoms with van der Waals surface area (Å²) in [6.45, 7) is 20.1. The van der Waals surface area contributed by atoms with E-state index < -0.39 is 36.3 Å². The highest BCUT2D eigenvalue weighted by Crippen LogP contribution is 2.31. The number of thiazole rings is 1. The Labute approximate surface area is 376 Å². The zero-order chi connectivity index (χ0) is 45.5. The number of ether oxygens (including phenoxy) is 2. The average Bonchev–Trinajstić information content (AvgIpc) is 3.99. The molecule has 2 unspecified atom stereocenters. The topological polar surface area (TPSA) is 149 Å². The molecule has 2 aromatic rings. The normalized spacial score (nSPS) is 20.0. The number of hydrogen-bond acceptors (Lipinski definition) is 11. The first-order valence-corrected chi connectivity index (χ1v) is 23.8. The molecule has 14 nitrogen and oxygen atoms in total. The number of likely N-dealkylation sites (tertiary alicyclic amines) is 1. The highest BCUT2D eigenvalue weighted by Gasteiger charge is 2.43. The van der Waals surface area contributed by atoms with E-state index in [9.17, 15) is 19.2 Å². The molecule has 3 heterocycles. The number of amides is 4. The maximum Gasteiger partial charge on any atom is 0.245 e. The lowest BCUT2D eigenvalue weighted by molar-refractivity contribution is -0.148. The number of nitrogens with zero attached hydrogens (tertiary/aromatic N) is 5. The van der Waals surface area contributed by atoms with Gasteiger partial charge in [0.15, 0.2) is 0 Å². The van der Waals surface area contributed by atoms with E-state index in [1.165, 1.54) is 11.3 Å². The molecule has 62 heavy (non-hydrogen) atoms. The Morgan fingerprint density at radius 2 is 1.63 bits per heavy atom. The number of aromatic nitrogens is 1. The molecule has 0 bridgehead atoms. The number of carbonyl (C=O) groups is 4. The SMILES string of the molecule is CC[C@H](C)C([C@@H](CC(=O)N1CCC[C@H]1[C@H](OC)[C@@H](C)C(=O)N[C@@H](Cc1ccccc1)c1nccs1)OC)N(C)C(=O)[C@@H](NC(=O)C(C(C)C)N(C)CCN1CCNCC1)C(C)C. The second kappa shape index (κ2) is 25.1. The average molecular weight is 883 g/mol. The molecular weight excluding hydrogens is 805 g/mol. The van der Waals surface area contributed by atoms with Gasteiger partial charge in [0, 0.05) is 78.7 Å². The van der Waals surface area contributed by atoms with Crippen molar-refractivity contribution in [1.82, 2.24) is 40.5 Å². The van der Waals surface area contributed by atoms with Crippen LogP contribution in [-0.4, -0.2) is 159 Å². The van der Waals surface area contributed by atoms with Crippen molar-refractivity contribution in [2.75, 3.05) is 74.1 Å². The van der Waals surface area contributed by atoms with Gasteiger partial charge in [0.25, 0.3) is 0 Å². The molecule has 0 saturated carbocycles. The minimum Gasteiger partial charge on any atom is -0.379 e. The van der Waals surface area contributed by atoms with Gasteiger partial charge in [-0.05, 0) is 49.6 Å². The van der Waals surface area contributed by atoms with Crippen molar-refractivity contribution in [3.05, 3.63) is 52.5 Å². The van der Waals surface area contributed by atoms with Gasteiger partial charge >= 0.3 is 0 Å². The third kappa shape index (κ3) is 13.8. The lowest BCUT2D eigenvalue weighted by atomic mass is 9.89. The van der Waals surface area contributed by atoms with Crippen molar-refractivity contribution in [2.24, 2.45) is 23.7 Å². The van der Waals surface area contributed by atoms with E-state index in [1.807, 2.05) is 82.3 Å². The Morgan fingerprint density at radius 1 is 0.935 bits per heavy atom. The van der Waals surface area contributed by atoms with Crippen molar-refractivity contribution < 1.29 is 28.7 Å². The third-order valence-electron chi connectivity index (χ3n) is 13.2. The molecule has 1 aromatic heterocycles. The van der Waals surface area contributed by atoms with Gasteiger partial charge in [-0.3, -0.25) is 29.0 Å². The summed E-state index contributed by atoms with van der Waals surface area (Å²) < 4.78 is 12.2. The van der Waals surface area contributed by atoms with Gasteiger partial charge in [0.2, 0.25) is 23.6 Å². The third-order valence-corrected chi connectivity index (χ3v) is 14.1. The van der Waals surface area contributed by atoms with Crippen molar-refractivity contribution in [3.63, 3.8) is 0 Å². The van der Waals surface area contributed by atoms with Gasteiger partial charge in [-0.2, -0.15) is 0 Å². The standard InChI is InChI=1S/C47H78N8O6S/c1-12-33(6)42(53(9)47(59)40(31(2)3)51-45(58)41(32(4)5)52(8)26-27-54-24-20-48-21-25-54)38(60-10)30-39(56)55-23-16-19-37(55)43(61-11)34(7)44(57)50-36(46-49-22-28-62-46)29-35-17-14-13-15-18-35/h13-15,17-18,22,28,31-34,36-38,40-43,48H,12,16,19-21,23-27,29-30H2,1-11H3,(H,50,57)(H,51,58)/t33-,34+,36-,37-,38+,40-,41?,42?,43+/m0/s1. The Hall–Kier alpha value is -3.47. The zero-order valence-electron chi connectivity index (χ0n) is 39.5. The minimum absolute atomic E-state index is 0.0174. The summed E-state index contributed by atoms with van der Waals surface area (Å²) in [5, 5.41) is 12.5. The van der Waals surface area contributed by atoms with Gasteiger partial charge in [-0.1, -0.05) is 85.2 Å². The number of piperazine rings is 1.